The Bertz CT molecular complexity index is 701. The molecule has 1 aromatic carbocycles. The molecule has 2 spiro atoms. The van der Waals surface area contributed by atoms with Gasteiger partial charge in [-0.25, -0.2) is 0 Å². The first-order valence-electron chi connectivity index (χ1n) is 11.5. The number of hydrogen-bond acceptors (Lipinski definition) is 4. The first-order chi connectivity index (χ1) is 13.7. The number of hydrogen-bond donors (Lipinski definition) is 0. The molecule has 4 heteroatoms. The van der Waals surface area contributed by atoms with Crippen LogP contribution in [0.25, 0.3) is 0 Å². The zero-order chi connectivity index (χ0) is 18.8. The van der Waals surface area contributed by atoms with E-state index in [9.17, 15) is 0 Å². The van der Waals surface area contributed by atoms with Crippen molar-refractivity contribution in [2.45, 2.75) is 88.8 Å². The van der Waals surface area contributed by atoms with Crippen LogP contribution in [0, 0.1) is 23.7 Å². The molecule has 5 saturated carbocycles. The Labute approximate surface area is 167 Å². The second kappa shape index (κ2) is 6.45. The highest BCUT2D eigenvalue weighted by atomic mass is 17.3. The minimum Gasteiger partial charge on any atom is -0.490 e. The second-order valence-electron chi connectivity index (χ2n) is 10.0. The second-order valence-corrected chi connectivity index (χ2v) is 10.0. The van der Waals surface area contributed by atoms with Crippen LogP contribution in [0.4, 0.5) is 0 Å². The highest BCUT2D eigenvalue weighted by molar-refractivity contribution is 5.27. The van der Waals surface area contributed by atoms with E-state index in [2.05, 4.69) is 31.2 Å². The van der Waals surface area contributed by atoms with E-state index >= 15 is 0 Å². The van der Waals surface area contributed by atoms with Gasteiger partial charge in [-0.15, -0.1) is 0 Å². The Morgan fingerprint density at radius 1 is 0.964 bits per heavy atom. The molecule has 2 atom stereocenters. The van der Waals surface area contributed by atoms with Crippen LogP contribution in [0.15, 0.2) is 24.3 Å². The molecule has 1 saturated heterocycles. The molecule has 6 fully saturated rings. The lowest BCUT2D eigenvalue weighted by Crippen LogP contribution is -2.59. The third-order valence-corrected chi connectivity index (χ3v) is 8.20. The predicted molar refractivity (Wildman–Crippen MR) is 104 cm³/mol. The highest BCUT2D eigenvalue weighted by Gasteiger charge is 2.67. The van der Waals surface area contributed by atoms with Gasteiger partial charge in [0, 0.05) is 24.7 Å². The molecule has 28 heavy (non-hydrogen) atoms. The van der Waals surface area contributed by atoms with E-state index in [0.717, 1.165) is 49.7 Å². The van der Waals surface area contributed by atoms with Crippen LogP contribution in [-0.4, -0.2) is 17.7 Å². The molecule has 7 rings (SSSR count). The molecule has 1 aromatic rings. The number of ether oxygens (including phenoxy) is 2. The van der Waals surface area contributed by atoms with Crippen molar-refractivity contribution in [1.82, 2.24) is 0 Å². The lowest BCUT2D eigenvalue weighted by atomic mass is 9.53. The average Bonchev–Trinajstić information content (AvgIpc) is 3.06. The van der Waals surface area contributed by atoms with Crippen LogP contribution in [0.1, 0.15) is 70.3 Å². The maximum absolute atomic E-state index is 6.83. The van der Waals surface area contributed by atoms with Crippen LogP contribution in [-0.2, 0) is 20.9 Å². The van der Waals surface area contributed by atoms with Crippen molar-refractivity contribution in [3.63, 3.8) is 0 Å². The fourth-order valence-corrected chi connectivity index (χ4v) is 7.02. The number of rotatable bonds is 3. The van der Waals surface area contributed by atoms with Crippen molar-refractivity contribution in [2.24, 2.45) is 23.7 Å². The maximum atomic E-state index is 6.83. The van der Waals surface area contributed by atoms with Crippen molar-refractivity contribution < 1.29 is 19.2 Å². The van der Waals surface area contributed by atoms with Gasteiger partial charge in [0.15, 0.2) is 0 Å². The number of benzene rings is 1. The molecule has 4 nitrogen and oxygen atoms in total. The van der Waals surface area contributed by atoms with Crippen molar-refractivity contribution in [3.8, 4) is 5.75 Å². The van der Waals surface area contributed by atoms with Crippen LogP contribution in [0.2, 0.25) is 0 Å². The smallest absolute Gasteiger partial charge is 0.210 e. The summed E-state index contributed by atoms with van der Waals surface area (Å²) < 4.78 is 13.2. The summed E-state index contributed by atoms with van der Waals surface area (Å²) in [6.45, 7) is 2.18. The average molecular weight is 385 g/mol. The molecule has 4 bridgehead atoms. The van der Waals surface area contributed by atoms with Gasteiger partial charge < -0.3 is 9.47 Å². The molecule has 0 aromatic heterocycles. The van der Waals surface area contributed by atoms with E-state index in [4.69, 9.17) is 19.2 Å². The molecule has 0 N–H and O–H groups in total. The Balaban J connectivity index is 1.17. The van der Waals surface area contributed by atoms with Crippen LogP contribution >= 0.6 is 0 Å². The van der Waals surface area contributed by atoms with Gasteiger partial charge in [0.05, 0.1) is 0 Å². The van der Waals surface area contributed by atoms with Crippen molar-refractivity contribution >= 4 is 0 Å². The Morgan fingerprint density at radius 2 is 1.68 bits per heavy atom. The molecule has 5 aliphatic carbocycles. The van der Waals surface area contributed by atoms with Gasteiger partial charge >= 0.3 is 0 Å². The van der Waals surface area contributed by atoms with E-state index in [1.807, 2.05) is 0 Å². The first kappa shape index (κ1) is 17.7. The third-order valence-electron chi connectivity index (χ3n) is 8.20. The van der Waals surface area contributed by atoms with Gasteiger partial charge in [-0.3, -0.25) is 0 Å². The van der Waals surface area contributed by atoms with Gasteiger partial charge in [0.2, 0.25) is 11.6 Å². The van der Waals surface area contributed by atoms with Crippen LogP contribution < -0.4 is 4.74 Å². The summed E-state index contributed by atoms with van der Waals surface area (Å²) in [5, 5.41) is 0. The van der Waals surface area contributed by atoms with Gasteiger partial charge in [0.25, 0.3) is 0 Å². The minimum absolute atomic E-state index is 0.122. The summed E-state index contributed by atoms with van der Waals surface area (Å²) in [6.07, 6.45) is 11.4. The summed E-state index contributed by atoms with van der Waals surface area (Å²) in [5.41, 5.74) is 1.34. The van der Waals surface area contributed by atoms with Crippen LogP contribution in [0.3, 0.4) is 0 Å². The summed E-state index contributed by atoms with van der Waals surface area (Å²) in [7, 11) is 0. The van der Waals surface area contributed by atoms with E-state index < -0.39 is 11.6 Å². The number of aryl methyl sites for hydroxylation is 1. The predicted octanol–water partition coefficient (Wildman–Crippen LogP) is 5.40. The Kier molecular flexibility index (Phi) is 4.08. The Hall–Kier alpha value is -1.10. The highest BCUT2D eigenvalue weighted by Crippen LogP contribution is 2.63. The molecule has 0 radical (unpaired) electrons. The zero-order valence-electron chi connectivity index (χ0n) is 16.9. The van der Waals surface area contributed by atoms with Crippen molar-refractivity contribution in [3.05, 3.63) is 29.8 Å². The van der Waals surface area contributed by atoms with Gasteiger partial charge in [-0.05, 0) is 80.9 Å². The molecular formula is C24H32O4. The van der Waals surface area contributed by atoms with E-state index in [-0.39, 0.29) is 6.10 Å². The summed E-state index contributed by atoms with van der Waals surface area (Å²) in [4.78, 5) is 12.2. The van der Waals surface area contributed by atoms with Gasteiger partial charge in [-0.2, -0.15) is 9.78 Å². The molecular weight excluding hydrogens is 352 g/mol. The zero-order valence-corrected chi connectivity index (χ0v) is 16.9. The Morgan fingerprint density at radius 3 is 2.36 bits per heavy atom. The molecule has 1 aliphatic heterocycles. The fraction of sp³-hybridized carbons (Fsp3) is 0.750. The molecule has 1 heterocycles. The first-order valence-corrected chi connectivity index (χ1v) is 11.5. The van der Waals surface area contributed by atoms with Crippen molar-refractivity contribution in [2.75, 3.05) is 0 Å². The molecule has 0 amide bonds. The summed E-state index contributed by atoms with van der Waals surface area (Å²) in [6, 6.07) is 8.49. The van der Waals surface area contributed by atoms with E-state index in [1.54, 1.807) is 0 Å². The maximum Gasteiger partial charge on any atom is 0.210 e. The topological polar surface area (TPSA) is 36.9 Å². The lowest BCUT2D eigenvalue weighted by molar-refractivity contribution is -0.390. The van der Waals surface area contributed by atoms with Gasteiger partial charge in [0.1, 0.15) is 11.9 Å². The fourth-order valence-electron chi connectivity index (χ4n) is 7.02. The summed E-state index contributed by atoms with van der Waals surface area (Å²) in [5.74, 6) is 2.69. The quantitative estimate of drug-likeness (QED) is 0.654. The van der Waals surface area contributed by atoms with E-state index in [0.29, 0.717) is 11.8 Å². The third kappa shape index (κ3) is 2.75. The van der Waals surface area contributed by atoms with E-state index in [1.165, 1.54) is 37.7 Å². The molecule has 2 unspecified atom stereocenters. The standard InChI is InChI=1S/C24H32O4/c1-2-16-5-7-21(8-6-16)25-22-4-3-9-23(15-22)26-24(28-27-23)19-11-17-10-18(13-19)14-20(24)12-17/h5-8,17-20,22H,2-4,9-15H2,1H3. The molecule has 6 aliphatic rings. The van der Waals surface area contributed by atoms with Crippen molar-refractivity contribution in [1.29, 1.82) is 0 Å². The molecule has 152 valence electrons. The monoisotopic (exact) mass is 384 g/mol. The van der Waals surface area contributed by atoms with Crippen LogP contribution in [0.5, 0.6) is 5.75 Å². The SMILES string of the molecule is CCc1ccc(OC2CCCC3(C2)OOC2(O3)C3CC4CC(C3)CC2C4)cc1. The normalized spacial score (nSPS) is 46.5. The largest absolute Gasteiger partial charge is 0.490 e. The summed E-state index contributed by atoms with van der Waals surface area (Å²) >= 11 is 0. The lowest BCUT2D eigenvalue weighted by Gasteiger charge is -2.57. The van der Waals surface area contributed by atoms with Gasteiger partial charge in [-0.1, -0.05) is 19.1 Å². The minimum atomic E-state index is -0.609.